The monoisotopic (exact) mass is 442 g/mol. The van der Waals surface area contributed by atoms with E-state index < -0.39 is 11.9 Å². The average Bonchev–Trinajstić information content (AvgIpc) is 3.23. The number of nitrogens with zero attached hydrogens (tertiary/aromatic N) is 3. The zero-order chi connectivity index (χ0) is 22.0. The van der Waals surface area contributed by atoms with Crippen LogP contribution in [0.25, 0.3) is 17.0 Å². The average molecular weight is 443 g/mol. The number of nitrogens with one attached hydrogen (secondary N) is 1. The van der Waals surface area contributed by atoms with E-state index in [0.29, 0.717) is 46.4 Å². The van der Waals surface area contributed by atoms with Crippen molar-refractivity contribution in [2.24, 2.45) is 0 Å². The van der Waals surface area contributed by atoms with Crippen molar-refractivity contribution in [1.29, 1.82) is 0 Å². The largest absolute Gasteiger partial charge is 0.383 e. The lowest BCUT2D eigenvalue weighted by Gasteiger charge is -2.35. The Balaban J connectivity index is 1.81. The summed E-state index contributed by atoms with van der Waals surface area (Å²) >= 11 is 6.08. The minimum atomic E-state index is -0.658. The van der Waals surface area contributed by atoms with E-state index in [1.807, 2.05) is 6.07 Å². The van der Waals surface area contributed by atoms with Gasteiger partial charge in [0.1, 0.15) is 5.82 Å². The summed E-state index contributed by atoms with van der Waals surface area (Å²) in [7, 11) is 1.56. The Kier molecular flexibility index (Phi) is 6.01. The SMILES string of the molecule is COCCN1C(=O)NC(c2cccc(F)c2)C(c2nc(-c3cccc(Cl)c3)no2)=C1C. The van der Waals surface area contributed by atoms with Crippen LogP contribution in [0.5, 0.6) is 0 Å². The Labute approximate surface area is 183 Å². The highest BCUT2D eigenvalue weighted by Crippen LogP contribution is 2.37. The highest BCUT2D eigenvalue weighted by Gasteiger charge is 2.35. The fraction of sp³-hybridized carbons (Fsp3) is 0.227. The first-order valence-electron chi connectivity index (χ1n) is 9.61. The Morgan fingerprint density at radius 3 is 2.81 bits per heavy atom. The molecule has 2 heterocycles. The molecule has 3 aromatic rings. The number of hydrogen-bond donors (Lipinski definition) is 1. The van der Waals surface area contributed by atoms with E-state index in [-0.39, 0.29) is 11.9 Å². The first-order valence-corrected chi connectivity index (χ1v) is 9.99. The number of benzene rings is 2. The van der Waals surface area contributed by atoms with E-state index in [0.717, 1.165) is 0 Å². The summed E-state index contributed by atoms with van der Waals surface area (Å²) in [5.41, 5.74) is 2.47. The number of halogens is 2. The van der Waals surface area contributed by atoms with Gasteiger partial charge in [-0.3, -0.25) is 4.90 Å². The van der Waals surface area contributed by atoms with Crippen LogP contribution in [-0.4, -0.2) is 41.3 Å². The summed E-state index contributed by atoms with van der Waals surface area (Å²) in [5.74, 6) is 0.177. The number of urea groups is 1. The standard InChI is InChI=1S/C22H20ClFN4O3/c1-13-18(21-26-20(27-31-21)15-6-3-7-16(23)11-15)19(14-5-4-8-17(24)12-14)25-22(29)28(13)9-10-30-2/h3-8,11-12,19H,9-10H2,1-2H3,(H,25,29). The zero-order valence-electron chi connectivity index (χ0n) is 16.9. The predicted octanol–water partition coefficient (Wildman–Crippen LogP) is 4.67. The van der Waals surface area contributed by atoms with Gasteiger partial charge in [-0.1, -0.05) is 41.0 Å². The molecule has 2 aromatic carbocycles. The van der Waals surface area contributed by atoms with Crippen molar-refractivity contribution in [3.05, 3.63) is 76.5 Å². The van der Waals surface area contributed by atoms with Crippen LogP contribution in [0, 0.1) is 5.82 Å². The second kappa shape index (κ2) is 8.87. The molecule has 0 aliphatic carbocycles. The van der Waals surface area contributed by atoms with E-state index in [1.165, 1.54) is 17.0 Å². The van der Waals surface area contributed by atoms with Gasteiger partial charge in [0, 0.05) is 23.4 Å². The van der Waals surface area contributed by atoms with E-state index >= 15 is 0 Å². The van der Waals surface area contributed by atoms with E-state index in [1.54, 1.807) is 44.4 Å². The third-order valence-electron chi connectivity index (χ3n) is 5.04. The summed E-state index contributed by atoms with van der Waals surface area (Å²) in [5, 5.41) is 7.54. The molecule has 1 N–H and O–H groups in total. The maximum atomic E-state index is 13.9. The van der Waals surface area contributed by atoms with Crippen LogP contribution in [0.15, 0.2) is 58.8 Å². The van der Waals surface area contributed by atoms with Crippen molar-refractivity contribution < 1.29 is 18.4 Å². The summed E-state index contributed by atoms with van der Waals surface area (Å²) in [6.45, 7) is 2.47. The number of amides is 2. The molecule has 2 amide bonds. The van der Waals surface area contributed by atoms with Crippen LogP contribution in [0.2, 0.25) is 5.02 Å². The number of carbonyl (C=O) groups is 1. The fourth-order valence-electron chi connectivity index (χ4n) is 3.52. The highest BCUT2D eigenvalue weighted by molar-refractivity contribution is 6.30. The van der Waals surface area contributed by atoms with Crippen molar-refractivity contribution in [2.75, 3.05) is 20.3 Å². The second-order valence-electron chi connectivity index (χ2n) is 7.01. The van der Waals surface area contributed by atoms with Gasteiger partial charge in [-0.25, -0.2) is 9.18 Å². The number of aromatic nitrogens is 2. The Bertz CT molecular complexity index is 1150. The van der Waals surface area contributed by atoms with Crippen molar-refractivity contribution in [3.8, 4) is 11.4 Å². The number of allylic oxidation sites excluding steroid dienone is 1. The maximum absolute atomic E-state index is 13.9. The smallest absolute Gasteiger partial charge is 0.322 e. The maximum Gasteiger partial charge on any atom is 0.322 e. The van der Waals surface area contributed by atoms with Gasteiger partial charge in [0.2, 0.25) is 5.82 Å². The van der Waals surface area contributed by atoms with E-state index in [4.69, 9.17) is 20.9 Å². The zero-order valence-corrected chi connectivity index (χ0v) is 17.7. The van der Waals surface area contributed by atoms with Crippen LogP contribution in [0.3, 0.4) is 0 Å². The minimum absolute atomic E-state index is 0.226. The third kappa shape index (κ3) is 4.30. The van der Waals surface area contributed by atoms with Crippen LogP contribution >= 0.6 is 11.6 Å². The van der Waals surface area contributed by atoms with Gasteiger partial charge in [-0.05, 0) is 36.8 Å². The summed E-state index contributed by atoms with van der Waals surface area (Å²) in [4.78, 5) is 18.8. The predicted molar refractivity (Wildman–Crippen MR) is 114 cm³/mol. The summed E-state index contributed by atoms with van der Waals surface area (Å²) < 4.78 is 24.6. The lowest BCUT2D eigenvalue weighted by atomic mass is 9.94. The van der Waals surface area contributed by atoms with Gasteiger partial charge in [-0.15, -0.1) is 0 Å². The van der Waals surface area contributed by atoms with Crippen molar-refractivity contribution in [2.45, 2.75) is 13.0 Å². The molecule has 0 bridgehead atoms. The fourth-order valence-corrected chi connectivity index (χ4v) is 3.71. The summed E-state index contributed by atoms with van der Waals surface area (Å²) in [6, 6.07) is 12.2. The van der Waals surface area contributed by atoms with Crippen LogP contribution in [0.4, 0.5) is 9.18 Å². The molecule has 1 aliphatic rings. The van der Waals surface area contributed by atoms with Gasteiger partial charge in [0.05, 0.1) is 24.8 Å². The number of methoxy groups -OCH3 is 1. The van der Waals surface area contributed by atoms with Crippen molar-refractivity contribution in [1.82, 2.24) is 20.4 Å². The number of ether oxygens (including phenoxy) is 1. The van der Waals surface area contributed by atoms with Gasteiger partial charge in [0.25, 0.3) is 5.89 Å². The molecule has 4 rings (SSSR count). The Morgan fingerprint density at radius 2 is 2.06 bits per heavy atom. The number of hydrogen-bond acceptors (Lipinski definition) is 5. The van der Waals surface area contributed by atoms with Gasteiger partial charge < -0.3 is 14.6 Å². The van der Waals surface area contributed by atoms with Crippen molar-refractivity contribution in [3.63, 3.8) is 0 Å². The third-order valence-corrected chi connectivity index (χ3v) is 5.27. The van der Waals surface area contributed by atoms with Crippen LogP contribution in [0.1, 0.15) is 24.4 Å². The van der Waals surface area contributed by atoms with Gasteiger partial charge >= 0.3 is 6.03 Å². The topological polar surface area (TPSA) is 80.5 Å². The van der Waals surface area contributed by atoms with Gasteiger partial charge in [-0.2, -0.15) is 4.98 Å². The molecule has 0 saturated carbocycles. The molecule has 1 unspecified atom stereocenters. The van der Waals surface area contributed by atoms with Crippen LogP contribution < -0.4 is 5.32 Å². The van der Waals surface area contributed by atoms with Crippen LogP contribution in [-0.2, 0) is 4.74 Å². The number of rotatable bonds is 6. The molecule has 160 valence electrons. The molecule has 9 heteroatoms. The molecule has 0 radical (unpaired) electrons. The molecule has 0 fully saturated rings. The summed E-state index contributed by atoms with van der Waals surface area (Å²) in [6.07, 6.45) is 0. The van der Waals surface area contributed by atoms with Crippen molar-refractivity contribution >= 4 is 23.2 Å². The normalized spacial score (nSPS) is 16.6. The molecule has 31 heavy (non-hydrogen) atoms. The van der Waals surface area contributed by atoms with E-state index in [2.05, 4.69) is 15.5 Å². The molecule has 1 aromatic heterocycles. The quantitative estimate of drug-likeness (QED) is 0.599. The lowest BCUT2D eigenvalue weighted by molar-refractivity contribution is 0.158. The number of carbonyl (C=O) groups excluding carboxylic acids is 1. The lowest BCUT2D eigenvalue weighted by Crippen LogP contribution is -2.47. The first kappa shape index (κ1) is 21.0. The molecule has 7 nitrogen and oxygen atoms in total. The Hall–Kier alpha value is -3.23. The van der Waals surface area contributed by atoms with Gasteiger partial charge in [0.15, 0.2) is 0 Å². The highest BCUT2D eigenvalue weighted by atomic mass is 35.5. The molecule has 1 atom stereocenters. The molecule has 1 aliphatic heterocycles. The minimum Gasteiger partial charge on any atom is -0.383 e. The molecular formula is C22H20ClFN4O3. The Morgan fingerprint density at radius 1 is 1.26 bits per heavy atom. The second-order valence-corrected chi connectivity index (χ2v) is 7.45. The first-order chi connectivity index (χ1) is 15.0. The molecule has 0 saturated heterocycles. The molecule has 0 spiro atoms. The molecular weight excluding hydrogens is 423 g/mol. The van der Waals surface area contributed by atoms with E-state index in [9.17, 15) is 9.18 Å².